The van der Waals surface area contributed by atoms with Gasteiger partial charge >= 0.3 is 5.97 Å². The van der Waals surface area contributed by atoms with Crippen molar-refractivity contribution in [3.05, 3.63) is 96.1 Å². The Labute approximate surface area is 180 Å². The Morgan fingerprint density at radius 1 is 0.839 bits per heavy atom. The average Bonchev–Trinajstić information content (AvgIpc) is 2.78. The molecule has 0 radical (unpaired) electrons. The van der Waals surface area contributed by atoms with Gasteiger partial charge in [0.2, 0.25) is 0 Å². The van der Waals surface area contributed by atoms with Crippen molar-refractivity contribution in [2.24, 2.45) is 0 Å². The minimum atomic E-state index is -0.684. The molecule has 0 bridgehead atoms. The predicted molar refractivity (Wildman–Crippen MR) is 116 cm³/mol. The standard InChI is InChI=1S/C25H23NO5/c1-18(27)23(15-19-9-4-2-5-10-19)26-24(28)17-30-25(29)20-11-8-14-22(16-20)31-21-12-6-3-7-13-21/h2-14,16,23H,15,17H2,1H3,(H,26,28)/t23-/m1/s1. The van der Waals surface area contributed by atoms with Crippen LogP contribution in [0, 0.1) is 0 Å². The van der Waals surface area contributed by atoms with E-state index in [9.17, 15) is 14.4 Å². The van der Waals surface area contributed by atoms with Crippen LogP contribution in [0.4, 0.5) is 0 Å². The second-order valence-corrected chi connectivity index (χ2v) is 6.94. The van der Waals surface area contributed by atoms with Crippen LogP contribution in [0.1, 0.15) is 22.8 Å². The van der Waals surface area contributed by atoms with Crippen LogP contribution in [-0.4, -0.2) is 30.3 Å². The number of para-hydroxylation sites is 1. The molecule has 0 heterocycles. The summed E-state index contributed by atoms with van der Waals surface area (Å²) in [6.45, 7) is 0.930. The predicted octanol–water partition coefficient (Wildman–Crippen LogP) is 3.95. The summed E-state index contributed by atoms with van der Waals surface area (Å²) in [4.78, 5) is 36.5. The highest BCUT2D eigenvalue weighted by Crippen LogP contribution is 2.22. The van der Waals surface area contributed by atoms with Gasteiger partial charge in [0.25, 0.3) is 5.91 Å². The lowest BCUT2D eigenvalue weighted by atomic mass is 10.0. The molecule has 31 heavy (non-hydrogen) atoms. The zero-order valence-electron chi connectivity index (χ0n) is 17.1. The van der Waals surface area contributed by atoms with E-state index < -0.39 is 24.5 Å². The highest BCUT2D eigenvalue weighted by molar-refractivity contribution is 5.93. The van der Waals surface area contributed by atoms with E-state index >= 15 is 0 Å². The molecule has 0 aromatic heterocycles. The third kappa shape index (κ3) is 6.82. The highest BCUT2D eigenvalue weighted by Gasteiger charge is 2.19. The van der Waals surface area contributed by atoms with Crippen LogP contribution in [0.2, 0.25) is 0 Å². The van der Waals surface area contributed by atoms with Crippen LogP contribution < -0.4 is 10.1 Å². The van der Waals surface area contributed by atoms with Crippen LogP contribution in [-0.2, 0) is 20.7 Å². The number of Topliss-reactive ketones (excluding diaryl/α,β-unsaturated/α-hetero) is 1. The maximum atomic E-state index is 12.3. The Morgan fingerprint density at radius 2 is 1.48 bits per heavy atom. The maximum absolute atomic E-state index is 12.3. The SMILES string of the molecule is CC(=O)[C@@H](Cc1ccccc1)NC(=O)COC(=O)c1cccc(Oc2ccccc2)c1. The first kappa shape index (κ1) is 21.8. The van der Waals surface area contributed by atoms with Crippen molar-refractivity contribution in [1.29, 1.82) is 0 Å². The largest absolute Gasteiger partial charge is 0.457 e. The molecule has 6 heteroatoms. The van der Waals surface area contributed by atoms with Gasteiger partial charge in [-0.3, -0.25) is 9.59 Å². The van der Waals surface area contributed by atoms with Crippen LogP contribution in [0.3, 0.4) is 0 Å². The summed E-state index contributed by atoms with van der Waals surface area (Å²) in [6, 6.07) is 24.4. The van der Waals surface area contributed by atoms with Crippen LogP contribution >= 0.6 is 0 Å². The van der Waals surface area contributed by atoms with Crippen LogP contribution in [0.5, 0.6) is 11.5 Å². The van der Waals surface area contributed by atoms with Crippen molar-refractivity contribution in [2.75, 3.05) is 6.61 Å². The Morgan fingerprint density at radius 3 is 2.16 bits per heavy atom. The van der Waals surface area contributed by atoms with Gasteiger partial charge in [0.05, 0.1) is 11.6 Å². The van der Waals surface area contributed by atoms with Gasteiger partial charge in [-0.25, -0.2) is 4.79 Å². The molecular weight excluding hydrogens is 394 g/mol. The summed E-state index contributed by atoms with van der Waals surface area (Å²) in [6.07, 6.45) is 0.370. The van der Waals surface area contributed by atoms with Crippen molar-refractivity contribution in [3.8, 4) is 11.5 Å². The fourth-order valence-corrected chi connectivity index (χ4v) is 2.91. The van der Waals surface area contributed by atoms with E-state index in [1.165, 1.54) is 6.92 Å². The van der Waals surface area contributed by atoms with Gasteiger partial charge in [0.15, 0.2) is 12.4 Å². The first-order chi connectivity index (χ1) is 15.0. The molecule has 1 amide bonds. The van der Waals surface area contributed by atoms with Crippen LogP contribution in [0.15, 0.2) is 84.9 Å². The molecule has 0 saturated heterocycles. The Bertz CT molecular complexity index is 1030. The summed E-state index contributed by atoms with van der Waals surface area (Å²) in [7, 11) is 0. The number of amides is 1. The lowest BCUT2D eigenvalue weighted by Gasteiger charge is -2.16. The minimum Gasteiger partial charge on any atom is -0.457 e. The highest BCUT2D eigenvalue weighted by atomic mass is 16.5. The molecule has 0 aliphatic carbocycles. The topological polar surface area (TPSA) is 81.7 Å². The fourth-order valence-electron chi connectivity index (χ4n) is 2.91. The van der Waals surface area contributed by atoms with Crippen molar-refractivity contribution in [1.82, 2.24) is 5.32 Å². The van der Waals surface area contributed by atoms with Crippen molar-refractivity contribution in [3.63, 3.8) is 0 Å². The summed E-state index contributed by atoms with van der Waals surface area (Å²) in [5.41, 5.74) is 1.18. The van der Waals surface area contributed by atoms with E-state index in [4.69, 9.17) is 9.47 Å². The van der Waals surface area contributed by atoms with E-state index in [1.807, 2.05) is 48.5 Å². The number of hydrogen-bond donors (Lipinski definition) is 1. The summed E-state index contributed by atoms with van der Waals surface area (Å²) >= 11 is 0. The number of hydrogen-bond acceptors (Lipinski definition) is 5. The molecule has 158 valence electrons. The van der Waals surface area contributed by atoms with Crippen molar-refractivity contribution in [2.45, 2.75) is 19.4 Å². The zero-order chi connectivity index (χ0) is 22.1. The number of carbonyl (C=O) groups is 3. The maximum Gasteiger partial charge on any atom is 0.338 e. The summed E-state index contributed by atoms with van der Waals surface area (Å²) < 4.78 is 10.8. The number of benzene rings is 3. The number of carbonyl (C=O) groups excluding carboxylic acids is 3. The Hall–Kier alpha value is -3.93. The monoisotopic (exact) mass is 417 g/mol. The quantitative estimate of drug-likeness (QED) is 0.533. The number of ketones is 1. The van der Waals surface area contributed by atoms with Gasteiger partial charge in [-0.05, 0) is 49.2 Å². The minimum absolute atomic E-state index is 0.172. The van der Waals surface area contributed by atoms with Gasteiger partial charge in [-0.15, -0.1) is 0 Å². The van der Waals surface area contributed by atoms with E-state index in [2.05, 4.69) is 5.32 Å². The van der Waals surface area contributed by atoms with Gasteiger partial charge in [0.1, 0.15) is 11.5 Å². The number of esters is 1. The van der Waals surface area contributed by atoms with E-state index in [0.717, 1.165) is 5.56 Å². The van der Waals surface area contributed by atoms with Gasteiger partial charge in [-0.1, -0.05) is 54.6 Å². The molecule has 1 atom stereocenters. The molecule has 0 unspecified atom stereocenters. The second-order valence-electron chi connectivity index (χ2n) is 6.94. The van der Waals surface area contributed by atoms with Crippen molar-refractivity contribution < 1.29 is 23.9 Å². The third-order valence-corrected chi connectivity index (χ3v) is 4.49. The molecule has 6 nitrogen and oxygen atoms in total. The lowest BCUT2D eigenvalue weighted by molar-refractivity contribution is -0.128. The third-order valence-electron chi connectivity index (χ3n) is 4.49. The second kappa shape index (κ2) is 10.7. The molecule has 3 rings (SSSR count). The molecule has 0 saturated carbocycles. The molecule has 0 aliphatic heterocycles. The molecule has 0 spiro atoms. The average molecular weight is 417 g/mol. The van der Waals surface area contributed by atoms with E-state index in [0.29, 0.717) is 17.9 Å². The Balaban J connectivity index is 1.54. The van der Waals surface area contributed by atoms with Crippen molar-refractivity contribution >= 4 is 17.7 Å². The summed E-state index contributed by atoms with van der Waals surface area (Å²) in [5.74, 6) is -0.253. The molecule has 3 aromatic rings. The van der Waals surface area contributed by atoms with E-state index in [-0.39, 0.29) is 11.3 Å². The molecular formula is C25H23NO5. The molecule has 0 fully saturated rings. The molecule has 1 N–H and O–H groups in total. The van der Waals surface area contributed by atoms with Crippen LogP contribution in [0.25, 0.3) is 0 Å². The first-order valence-corrected chi connectivity index (χ1v) is 9.85. The molecule has 0 aliphatic rings. The van der Waals surface area contributed by atoms with Gasteiger partial charge < -0.3 is 14.8 Å². The normalized spacial score (nSPS) is 11.3. The summed E-state index contributed by atoms with van der Waals surface area (Å²) in [5, 5.41) is 2.63. The number of rotatable bonds is 9. The number of nitrogens with one attached hydrogen (secondary N) is 1. The lowest BCUT2D eigenvalue weighted by Crippen LogP contribution is -2.43. The Kier molecular flexibility index (Phi) is 7.54. The zero-order valence-corrected chi connectivity index (χ0v) is 17.1. The van der Waals surface area contributed by atoms with E-state index in [1.54, 1.807) is 36.4 Å². The fraction of sp³-hybridized carbons (Fsp3) is 0.160. The number of ether oxygens (including phenoxy) is 2. The van der Waals surface area contributed by atoms with Gasteiger partial charge in [0, 0.05) is 0 Å². The first-order valence-electron chi connectivity index (χ1n) is 9.85. The van der Waals surface area contributed by atoms with Gasteiger partial charge in [-0.2, -0.15) is 0 Å². The smallest absolute Gasteiger partial charge is 0.338 e. The molecule has 3 aromatic carbocycles.